The van der Waals surface area contributed by atoms with Crippen LogP contribution in [0.15, 0.2) is 70.7 Å². The summed E-state index contributed by atoms with van der Waals surface area (Å²) in [7, 11) is 0. The monoisotopic (exact) mass is 555 g/mol. The summed E-state index contributed by atoms with van der Waals surface area (Å²) in [6, 6.07) is 13.5. The number of aldehydes is 1. The molecule has 1 aromatic carbocycles. The van der Waals surface area contributed by atoms with Crippen LogP contribution in [-0.4, -0.2) is 24.5 Å². The number of carbonyl (C=O) groups excluding carboxylic acids is 3. The van der Waals surface area contributed by atoms with Gasteiger partial charge in [-0.25, -0.2) is 0 Å². The molecule has 5 rings (SSSR count). The molecular weight excluding hydrogens is 518 g/mol. The van der Waals surface area contributed by atoms with Gasteiger partial charge in [0.05, 0.1) is 0 Å². The van der Waals surface area contributed by atoms with Gasteiger partial charge < -0.3 is 9.73 Å². The zero-order valence-electron chi connectivity index (χ0n) is 23.7. The predicted octanol–water partition coefficient (Wildman–Crippen LogP) is 8.25. The third-order valence-corrected chi connectivity index (χ3v) is 8.47. The number of nitrogens with one attached hydrogen (secondary N) is 1. The van der Waals surface area contributed by atoms with Crippen LogP contribution in [-0.2, 0) is 4.79 Å². The van der Waals surface area contributed by atoms with Crippen LogP contribution in [0.4, 0.5) is 0 Å². The second-order valence-corrected chi connectivity index (χ2v) is 11.5. The maximum absolute atomic E-state index is 12.4. The first-order valence-electron chi connectivity index (χ1n) is 13.9. The summed E-state index contributed by atoms with van der Waals surface area (Å²) in [5.74, 6) is 1.52. The topological polar surface area (TPSA) is 76.4 Å². The van der Waals surface area contributed by atoms with Gasteiger partial charge in [0, 0.05) is 38.9 Å². The summed E-state index contributed by atoms with van der Waals surface area (Å²) < 4.78 is 5.83. The number of benzene rings is 1. The minimum absolute atomic E-state index is 0.121. The van der Waals surface area contributed by atoms with Gasteiger partial charge in [0.15, 0.2) is 11.5 Å². The number of aryl methyl sites for hydroxylation is 2. The number of allylic oxidation sites excluding steroid dienone is 6. The van der Waals surface area contributed by atoms with Crippen molar-refractivity contribution < 1.29 is 18.8 Å². The largest absolute Gasteiger partial charge is 0.456 e. The smallest absolute Gasteiger partial charge is 0.287 e. The first-order chi connectivity index (χ1) is 19.3. The molecule has 0 saturated carbocycles. The molecule has 0 saturated heterocycles. The molecule has 2 aliphatic rings. The minimum atomic E-state index is -0.141. The molecule has 40 heavy (non-hydrogen) atoms. The quantitative estimate of drug-likeness (QED) is 0.224. The number of ketones is 1. The van der Waals surface area contributed by atoms with E-state index >= 15 is 0 Å². The highest BCUT2D eigenvalue weighted by Gasteiger charge is 2.26. The standard InChI is InChI=1S/C26H29NO3S.C8H8O/c1-4-12-27-26(29)24-13-22(16(2)30-24)20-6-5-7-21(20)23-14-25(31-17(23)3)19-10-8-18(15-28)9-11-19;1-7(9)8-5-3-2-4-6-8/h8-10,13-15,19H,4-7,11-12H2,1-3H3,(H,27,29);2-6H,1H3. The maximum Gasteiger partial charge on any atom is 0.287 e. The van der Waals surface area contributed by atoms with Crippen LogP contribution in [0, 0.1) is 13.8 Å². The Kier molecular flexibility index (Phi) is 9.88. The van der Waals surface area contributed by atoms with E-state index in [2.05, 4.69) is 24.4 Å². The van der Waals surface area contributed by atoms with Gasteiger partial charge in [0.2, 0.25) is 0 Å². The van der Waals surface area contributed by atoms with E-state index in [4.69, 9.17) is 4.42 Å². The third kappa shape index (κ3) is 6.86. The van der Waals surface area contributed by atoms with Crippen molar-refractivity contribution in [3.8, 4) is 0 Å². The highest BCUT2D eigenvalue weighted by molar-refractivity contribution is 7.12. The average molecular weight is 556 g/mol. The Morgan fingerprint density at radius 2 is 1.80 bits per heavy atom. The summed E-state index contributed by atoms with van der Waals surface area (Å²) >= 11 is 1.85. The molecule has 0 fully saturated rings. The summed E-state index contributed by atoms with van der Waals surface area (Å²) in [5, 5.41) is 2.90. The molecule has 0 spiro atoms. The fraction of sp³-hybridized carbons (Fsp3) is 0.324. The van der Waals surface area contributed by atoms with E-state index in [1.807, 2.05) is 73.7 Å². The zero-order valence-corrected chi connectivity index (χ0v) is 24.5. The lowest BCUT2D eigenvalue weighted by molar-refractivity contribution is -0.104. The van der Waals surface area contributed by atoms with Gasteiger partial charge >= 0.3 is 0 Å². The van der Waals surface area contributed by atoms with Crippen molar-refractivity contribution in [3.63, 3.8) is 0 Å². The molecule has 3 aromatic rings. The number of hydrogen-bond donors (Lipinski definition) is 1. The van der Waals surface area contributed by atoms with Crippen LogP contribution < -0.4 is 5.32 Å². The van der Waals surface area contributed by atoms with Crippen molar-refractivity contribution in [1.82, 2.24) is 5.32 Å². The van der Waals surface area contributed by atoms with Crippen LogP contribution >= 0.6 is 11.3 Å². The molecule has 2 aromatic heterocycles. The van der Waals surface area contributed by atoms with Gasteiger partial charge in [-0.15, -0.1) is 11.3 Å². The maximum atomic E-state index is 12.4. The van der Waals surface area contributed by atoms with Gasteiger partial charge in [-0.2, -0.15) is 0 Å². The molecule has 1 unspecified atom stereocenters. The van der Waals surface area contributed by atoms with Gasteiger partial charge in [0.1, 0.15) is 12.0 Å². The third-order valence-electron chi connectivity index (χ3n) is 7.29. The van der Waals surface area contributed by atoms with Crippen molar-refractivity contribution in [2.45, 2.75) is 65.7 Å². The number of rotatable bonds is 8. The molecular formula is C34H37NO4S. The fourth-order valence-electron chi connectivity index (χ4n) is 5.15. The van der Waals surface area contributed by atoms with Crippen molar-refractivity contribution in [3.05, 3.63) is 104 Å². The van der Waals surface area contributed by atoms with Crippen LogP contribution in [0.3, 0.4) is 0 Å². The van der Waals surface area contributed by atoms with E-state index < -0.39 is 0 Å². The van der Waals surface area contributed by atoms with Gasteiger partial charge in [-0.3, -0.25) is 14.4 Å². The Morgan fingerprint density at radius 3 is 2.40 bits per heavy atom. The lowest BCUT2D eigenvalue weighted by atomic mass is 9.93. The van der Waals surface area contributed by atoms with Gasteiger partial charge in [-0.1, -0.05) is 55.5 Å². The zero-order chi connectivity index (χ0) is 28.6. The second kappa shape index (κ2) is 13.5. The molecule has 0 bridgehead atoms. The number of carbonyl (C=O) groups is 3. The predicted molar refractivity (Wildman–Crippen MR) is 163 cm³/mol. The lowest BCUT2D eigenvalue weighted by Crippen LogP contribution is -2.23. The van der Waals surface area contributed by atoms with E-state index in [0.717, 1.165) is 60.9 Å². The molecule has 0 aliphatic heterocycles. The Labute approximate surface area is 240 Å². The minimum Gasteiger partial charge on any atom is -0.456 e. The molecule has 0 radical (unpaired) electrons. The molecule has 1 N–H and O–H groups in total. The number of hydrogen-bond acceptors (Lipinski definition) is 5. The molecule has 2 heterocycles. The summed E-state index contributed by atoms with van der Waals surface area (Å²) in [6.45, 7) is 8.39. The van der Waals surface area contributed by atoms with E-state index in [-0.39, 0.29) is 11.7 Å². The second-order valence-electron chi connectivity index (χ2n) is 10.2. The Bertz CT molecular complexity index is 1470. The van der Waals surface area contributed by atoms with Crippen molar-refractivity contribution >= 4 is 40.5 Å². The van der Waals surface area contributed by atoms with E-state index in [1.54, 1.807) is 6.92 Å². The highest BCUT2D eigenvalue weighted by atomic mass is 32.1. The van der Waals surface area contributed by atoms with Crippen molar-refractivity contribution in [1.29, 1.82) is 0 Å². The molecule has 1 atom stereocenters. The average Bonchev–Trinajstić information content (AvgIpc) is 3.70. The summed E-state index contributed by atoms with van der Waals surface area (Å²) in [4.78, 5) is 36.6. The van der Waals surface area contributed by atoms with Gasteiger partial charge in [-0.05, 0) is 81.7 Å². The normalized spacial score (nSPS) is 16.3. The number of thiophene rings is 1. The molecule has 1 amide bonds. The van der Waals surface area contributed by atoms with E-state index in [9.17, 15) is 14.4 Å². The fourth-order valence-corrected chi connectivity index (χ4v) is 6.30. The van der Waals surface area contributed by atoms with E-state index in [1.165, 1.54) is 26.5 Å². The lowest BCUT2D eigenvalue weighted by Gasteiger charge is -2.12. The van der Waals surface area contributed by atoms with E-state index in [0.29, 0.717) is 18.2 Å². The SMILES string of the molecule is CC(=O)c1ccccc1.CCCNC(=O)c1cc(C2=C(c3cc(C4C=CC(C=O)=CC4)sc3C)CCC2)c(C)o1. The number of amides is 1. The summed E-state index contributed by atoms with van der Waals surface area (Å²) in [6.07, 6.45) is 11.9. The highest BCUT2D eigenvalue weighted by Crippen LogP contribution is 2.45. The Hall–Kier alpha value is -3.77. The first-order valence-corrected chi connectivity index (χ1v) is 14.7. The number of Topliss-reactive ketones (excluding diaryl/α,β-unsaturated/α-hetero) is 1. The molecule has 5 nitrogen and oxygen atoms in total. The van der Waals surface area contributed by atoms with Crippen LogP contribution in [0.25, 0.3) is 11.1 Å². The van der Waals surface area contributed by atoms with Crippen LogP contribution in [0.1, 0.15) is 99.4 Å². The summed E-state index contributed by atoms with van der Waals surface area (Å²) in [5.41, 5.74) is 6.62. The molecule has 6 heteroatoms. The van der Waals surface area contributed by atoms with Crippen molar-refractivity contribution in [2.75, 3.05) is 6.54 Å². The van der Waals surface area contributed by atoms with Crippen LogP contribution in [0.2, 0.25) is 0 Å². The van der Waals surface area contributed by atoms with Crippen molar-refractivity contribution in [2.24, 2.45) is 0 Å². The number of furan rings is 1. The Balaban J connectivity index is 0.000000350. The van der Waals surface area contributed by atoms with Crippen LogP contribution in [0.5, 0.6) is 0 Å². The Morgan fingerprint density at radius 1 is 1.07 bits per heavy atom. The first kappa shape index (κ1) is 29.2. The van der Waals surface area contributed by atoms with Gasteiger partial charge in [0.25, 0.3) is 5.91 Å². The molecule has 208 valence electrons. The molecule has 2 aliphatic carbocycles.